The molecular formula is C24H21F4N7O2. The summed E-state index contributed by atoms with van der Waals surface area (Å²) in [6.45, 7) is -0.0283. The van der Waals surface area contributed by atoms with Crippen LogP contribution in [0.15, 0.2) is 41.3 Å². The minimum atomic E-state index is -4.74. The lowest BCUT2D eigenvalue weighted by Crippen LogP contribution is -2.30. The molecule has 1 fully saturated rings. The van der Waals surface area contributed by atoms with Gasteiger partial charge in [-0.25, -0.2) is 23.7 Å². The smallest absolute Gasteiger partial charge is 0.383 e. The van der Waals surface area contributed by atoms with Gasteiger partial charge in [-0.05, 0) is 61.2 Å². The third-order valence-electron chi connectivity index (χ3n) is 6.57. The van der Waals surface area contributed by atoms with Gasteiger partial charge < -0.3 is 15.7 Å². The van der Waals surface area contributed by atoms with Gasteiger partial charge in [-0.15, -0.1) is 0 Å². The van der Waals surface area contributed by atoms with Crippen LogP contribution in [0.1, 0.15) is 29.7 Å². The summed E-state index contributed by atoms with van der Waals surface area (Å²) in [5.74, 6) is -0.918. The van der Waals surface area contributed by atoms with E-state index in [1.165, 1.54) is 5.56 Å². The van der Waals surface area contributed by atoms with Crippen molar-refractivity contribution in [2.75, 3.05) is 11.9 Å². The number of fused-ring (bicyclic) bond motifs is 2. The highest BCUT2D eigenvalue weighted by atomic mass is 19.4. The second-order valence-corrected chi connectivity index (χ2v) is 9.29. The molecule has 13 heteroatoms. The van der Waals surface area contributed by atoms with E-state index >= 15 is 0 Å². The predicted octanol–water partition coefficient (Wildman–Crippen LogP) is 3.05. The summed E-state index contributed by atoms with van der Waals surface area (Å²) in [4.78, 5) is 25.6. The third-order valence-corrected chi connectivity index (χ3v) is 6.57. The summed E-state index contributed by atoms with van der Waals surface area (Å²) in [6.07, 6.45) is -2.14. The molecular weight excluding hydrogens is 494 g/mol. The molecule has 0 amide bonds. The first-order valence-corrected chi connectivity index (χ1v) is 11.7. The van der Waals surface area contributed by atoms with Crippen LogP contribution in [-0.4, -0.2) is 42.1 Å². The lowest BCUT2D eigenvalue weighted by molar-refractivity contribution is -0.144. The van der Waals surface area contributed by atoms with E-state index in [2.05, 4.69) is 25.6 Å². The van der Waals surface area contributed by atoms with Gasteiger partial charge >= 0.3 is 6.18 Å². The molecule has 0 spiro atoms. The fraction of sp³-hybridized carbons (Fsp3) is 0.333. The highest BCUT2D eigenvalue weighted by molar-refractivity contribution is 5.77. The maximum atomic E-state index is 14.4. The zero-order valence-electron chi connectivity index (χ0n) is 19.3. The summed E-state index contributed by atoms with van der Waals surface area (Å²) in [5.41, 5.74) is 0.106. The summed E-state index contributed by atoms with van der Waals surface area (Å²) in [7, 11) is 0. The molecule has 1 aliphatic carbocycles. The van der Waals surface area contributed by atoms with Gasteiger partial charge in [0.25, 0.3) is 5.56 Å². The van der Waals surface area contributed by atoms with E-state index in [9.17, 15) is 27.5 Å². The number of rotatable bonds is 5. The lowest BCUT2D eigenvalue weighted by atomic mass is 10.0. The SMILES string of the molecule is O=c1c2cnc(Nc3ccc4c(c3)CNCC4)nc2n(-c2ccc(F)c(C3(O)CC3)n2)n1CC(F)(F)F. The average Bonchev–Trinajstić information content (AvgIpc) is 3.55. The number of hydrogen-bond donors (Lipinski definition) is 3. The lowest BCUT2D eigenvalue weighted by Gasteiger charge is -2.18. The number of aromatic nitrogens is 5. The highest BCUT2D eigenvalue weighted by Crippen LogP contribution is 2.45. The molecule has 1 saturated carbocycles. The number of alkyl halides is 3. The molecule has 2 aliphatic rings. The maximum absolute atomic E-state index is 14.4. The van der Waals surface area contributed by atoms with Gasteiger partial charge in [-0.1, -0.05) is 6.07 Å². The van der Waals surface area contributed by atoms with E-state index in [0.717, 1.165) is 41.5 Å². The highest BCUT2D eigenvalue weighted by Gasteiger charge is 2.46. The fourth-order valence-corrected chi connectivity index (χ4v) is 4.55. The second-order valence-electron chi connectivity index (χ2n) is 9.29. The largest absolute Gasteiger partial charge is 0.408 e. The van der Waals surface area contributed by atoms with Crippen molar-refractivity contribution in [1.29, 1.82) is 0 Å². The molecule has 4 heterocycles. The minimum Gasteiger partial charge on any atom is -0.383 e. The summed E-state index contributed by atoms with van der Waals surface area (Å²) in [5, 5.41) is 16.6. The summed E-state index contributed by atoms with van der Waals surface area (Å²) in [6, 6.07) is 7.91. The Bertz CT molecular complexity index is 1590. The topological polar surface area (TPSA) is 110 Å². The summed E-state index contributed by atoms with van der Waals surface area (Å²) < 4.78 is 56.1. The van der Waals surface area contributed by atoms with Crippen molar-refractivity contribution in [2.45, 2.75) is 44.1 Å². The van der Waals surface area contributed by atoms with Crippen LogP contribution in [-0.2, 0) is 25.1 Å². The van der Waals surface area contributed by atoms with Crippen molar-refractivity contribution in [2.24, 2.45) is 0 Å². The molecule has 4 aromatic rings. The molecule has 0 saturated heterocycles. The third kappa shape index (κ3) is 4.33. The molecule has 37 heavy (non-hydrogen) atoms. The molecule has 6 rings (SSSR count). The Morgan fingerprint density at radius 2 is 1.95 bits per heavy atom. The monoisotopic (exact) mass is 515 g/mol. The Hall–Kier alpha value is -3.84. The number of pyridine rings is 1. The van der Waals surface area contributed by atoms with Crippen molar-refractivity contribution >= 4 is 22.7 Å². The van der Waals surface area contributed by atoms with Gasteiger partial charge in [-0.2, -0.15) is 18.2 Å². The Labute approximate surface area is 206 Å². The number of aliphatic hydroxyl groups is 1. The van der Waals surface area contributed by atoms with Crippen LogP contribution in [0.2, 0.25) is 0 Å². The molecule has 0 bridgehead atoms. The number of nitrogens with zero attached hydrogens (tertiary/aromatic N) is 5. The zero-order chi connectivity index (χ0) is 25.9. The van der Waals surface area contributed by atoms with E-state index in [1.807, 2.05) is 18.2 Å². The van der Waals surface area contributed by atoms with Crippen molar-refractivity contribution in [1.82, 2.24) is 29.6 Å². The van der Waals surface area contributed by atoms with Crippen LogP contribution in [0.4, 0.5) is 29.2 Å². The van der Waals surface area contributed by atoms with Gasteiger partial charge in [0.2, 0.25) is 5.95 Å². The maximum Gasteiger partial charge on any atom is 0.408 e. The van der Waals surface area contributed by atoms with Crippen LogP contribution in [0, 0.1) is 5.82 Å². The normalized spacial score (nSPS) is 16.6. The molecule has 192 valence electrons. The Morgan fingerprint density at radius 3 is 2.70 bits per heavy atom. The number of benzene rings is 1. The molecule has 0 radical (unpaired) electrons. The number of nitrogens with one attached hydrogen (secondary N) is 2. The molecule has 0 unspecified atom stereocenters. The van der Waals surface area contributed by atoms with Crippen LogP contribution in [0.5, 0.6) is 0 Å². The standard InChI is InChI=1S/C24H21F4N7O2/c25-17-3-4-18(32-19(17)23(37)6-7-23)35-20-16(21(36)34(35)12-24(26,27)28)11-30-22(33-20)31-15-2-1-13-5-8-29-10-14(13)9-15/h1-4,9,11,29,37H,5-8,10,12H2,(H,30,31,33). The van der Waals surface area contributed by atoms with Gasteiger partial charge in [0, 0.05) is 18.4 Å². The minimum absolute atomic E-state index is 0.0530. The van der Waals surface area contributed by atoms with E-state index in [4.69, 9.17) is 0 Å². The quantitative estimate of drug-likeness (QED) is 0.351. The molecule has 1 aliphatic heterocycles. The molecule has 3 N–H and O–H groups in total. The fourth-order valence-electron chi connectivity index (χ4n) is 4.55. The van der Waals surface area contributed by atoms with Gasteiger partial charge in [-0.3, -0.25) is 4.79 Å². The molecule has 3 aromatic heterocycles. The van der Waals surface area contributed by atoms with Gasteiger partial charge in [0.05, 0.1) is 0 Å². The van der Waals surface area contributed by atoms with Crippen LogP contribution in [0.3, 0.4) is 0 Å². The van der Waals surface area contributed by atoms with Crippen LogP contribution >= 0.6 is 0 Å². The first-order valence-electron chi connectivity index (χ1n) is 11.7. The second kappa shape index (κ2) is 8.35. The van der Waals surface area contributed by atoms with E-state index in [1.54, 1.807) is 0 Å². The van der Waals surface area contributed by atoms with Gasteiger partial charge in [0.1, 0.15) is 29.0 Å². The Kier molecular flexibility index (Phi) is 5.31. The number of halogens is 4. The zero-order valence-corrected chi connectivity index (χ0v) is 19.3. The molecule has 9 nitrogen and oxygen atoms in total. The number of hydrogen-bond acceptors (Lipinski definition) is 7. The predicted molar refractivity (Wildman–Crippen MR) is 125 cm³/mol. The van der Waals surface area contributed by atoms with Crippen molar-refractivity contribution in [3.05, 3.63) is 69.5 Å². The van der Waals surface area contributed by atoms with E-state index in [-0.39, 0.29) is 41.3 Å². The van der Waals surface area contributed by atoms with Gasteiger partial charge in [0.15, 0.2) is 11.5 Å². The van der Waals surface area contributed by atoms with E-state index in [0.29, 0.717) is 16.9 Å². The van der Waals surface area contributed by atoms with Crippen LogP contribution < -0.4 is 16.2 Å². The van der Waals surface area contributed by atoms with Crippen molar-refractivity contribution in [3.8, 4) is 5.82 Å². The summed E-state index contributed by atoms with van der Waals surface area (Å²) >= 11 is 0. The molecule has 1 aromatic carbocycles. The molecule has 0 atom stereocenters. The van der Waals surface area contributed by atoms with Crippen molar-refractivity contribution < 1.29 is 22.7 Å². The first-order chi connectivity index (χ1) is 17.6. The Balaban J connectivity index is 1.48. The Morgan fingerprint density at radius 1 is 1.14 bits per heavy atom. The van der Waals surface area contributed by atoms with Crippen molar-refractivity contribution in [3.63, 3.8) is 0 Å². The van der Waals surface area contributed by atoms with Crippen LogP contribution in [0.25, 0.3) is 16.9 Å². The number of anilines is 2. The first kappa shape index (κ1) is 23.6. The van der Waals surface area contributed by atoms with E-state index < -0.39 is 29.7 Å². The average molecular weight is 515 g/mol.